The molecule has 0 aromatic carbocycles. The normalized spacial score (nSPS) is 12.2. The maximum atomic E-state index is 9.48. The molecule has 0 fully saturated rings. The second kappa shape index (κ2) is 16.6. The summed E-state index contributed by atoms with van der Waals surface area (Å²) in [7, 11) is 0. The lowest BCUT2D eigenvalue weighted by Gasteiger charge is -2.07. The minimum Gasteiger partial charge on any atom is -0.481 e. The van der Waals surface area contributed by atoms with Gasteiger partial charge >= 0.3 is 0 Å². The number of carbonyl (C=O) groups is 1. The topological polar surface area (TPSA) is 57.5 Å². The molecule has 3 heteroatoms. The van der Waals surface area contributed by atoms with E-state index in [2.05, 4.69) is 19.6 Å². The minimum absolute atomic E-state index is 0.0837. The monoisotopic (exact) mass is 268 g/mol. The van der Waals surface area contributed by atoms with Crippen LogP contribution in [0.1, 0.15) is 52.4 Å². The quantitative estimate of drug-likeness (QED) is 0.489. The summed E-state index contributed by atoms with van der Waals surface area (Å²) in [6, 6.07) is 0. The molecular weight excluding hydrogens is 240 g/mol. The van der Waals surface area contributed by atoms with Crippen LogP contribution in [0, 0.1) is 0 Å². The Hall–Kier alpha value is -1.35. The fourth-order valence-electron chi connectivity index (χ4n) is 1.44. The van der Waals surface area contributed by atoms with E-state index in [1.807, 2.05) is 18.2 Å². The summed E-state index contributed by atoms with van der Waals surface area (Å²) in [5.41, 5.74) is 0. The Morgan fingerprint density at radius 2 is 1.84 bits per heavy atom. The van der Waals surface area contributed by atoms with Gasteiger partial charge in [0, 0.05) is 6.92 Å². The Morgan fingerprint density at radius 1 is 1.21 bits per heavy atom. The highest BCUT2D eigenvalue weighted by Gasteiger charge is 2.00. The van der Waals surface area contributed by atoms with Crippen molar-refractivity contribution in [2.24, 2.45) is 0 Å². The van der Waals surface area contributed by atoms with E-state index < -0.39 is 5.97 Å². The number of hydrogen-bond acceptors (Lipinski definition) is 2. The number of allylic oxidation sites excluding steroid dienone is 5. The molecule has 0 aliphatic heterocycles. The van der Waals surface area contributed by atoms with Gasteiger partial charge in [-0.15, -0.1) is 0 Å². The molecule has 3 nitrogen and oxygen atoms in total. The maximum Gasteiger partial charge on any atom is 0.300 e. The van der Waals surface area contributed by atoms with Gasteiger partial charge in [-0.05, 0) is 25.7 Å². The van der Waals surface area contributed by atoms with Gasteiger partial charge in [-0.2, -0.15) is 0 Å². The number of carboxylic acids is 1. The summed E-state index contributed by atoms with van der Waals surface area (Å²) in [4.78, 5) is 9.00. The maximum absolute atomic E-state index is 9.48. The van der Waals surface area contributed by atoms with Crippen molar-refractivity contribution in [3.63, 3.8) is 0 Å². The SMILES string of the molecule is C=C/C=C\C=CCCCCC(O)CCC.CC(=O)O. The molecule has 110 valence electrons. The van der Waals surface area contributed by atoms with Crippen LogP contribution in [0.3, 0.4) is 0 Å². The van der Waals surface area contributed by atoms with E-state index in [0.717, 1.165) is 39.0 Å². The molecular formula is C16H28O3. The van der Waals surface area contributed by atoms with Crippen molar-refractivity contribution < 1.29 is 15.0 Å². The molecule has 1 unspecified atom stereocenters. The van der Waals surface area contributed by atoms with Crippen LogP contribution in [0.15, 0.2) is 37.0 Å². The van der Waals surface area contributed by atoms with Gasteiger partial charge in [-0.3, -0.25) is 4.79 Å². The van der Waals surface area contributed by atoms with Gasteiger partial charge < -0.3 is 10.2 Å². The Kier molecular flexibility index (Phi) is 17.5. The van der Waals surface area contributed by atoms with Crippen molar-refractivity contribution in [1.29, 1.82) is 0 Å². The number of aliphatic carboxylic acids is 1. The Bertz CT molecular complexity index is 263. The van der Waals surface area contributed by atoms with Crippen LogP contribution in [-0.2, 0) is 4.79 Å². The van der Waals surface area contributed by atoms with E-state index in [1.165, 1.54) is 6.42 Å². The molecule has 0 saturated heterocycles. The third-order valence-corrected chi connectivity index (χ3v) is 2.27. The molecule has 0 amide bonds. The van der Waals surface area contributed by atoms with Gasteiger partial charge in [-0.1, -0.05) is 56.7 Å². The van der Waals surface area contributed by atoms with E-state index in [9.17, 15) is 5.11 Å². The molecule has 0 aromatic rings. The Morgan fingerprint density at radius 3 is 2.37 bits per heavy atom. The molecule has 0 aliphatic carbocycles. The average Bonchev–Trinajstić information content (AvgIpc) is 2.32. The number of rotatable bonds is 9. The number of unbranched alkanes of at least 4 members (excludes halogenated alkanes) is 2. The molecule has 0 heterocycles. The second-order valence-electron chi connectivity index (χ2n) is 4.29. The first-order valence-corrected chi connectivity index (χ1v) is 6.86. The van der Waals surface area contributed by atoms with E-state index in [1.54, 1.807) is 6.08 Å². The predicted molar refractivity (Wildman–Crippen MR) is 81.2 cm³/mol. The standard InChI is InChI=1S/C14H24O.C2H4O2/c1-3-5-6-7-8-9-10-11-13-14(15)12-4-2;1-2(3)4/h3,5-8,14-15H,1,4,9-13H2,2H3;1H3,(H,3,4)/b6-5-,8-7?;. The molecule has 2 N–H and O–H groups in total. The van der Waals surface area contributed by atoms with E-state index in [4.69, 9.17) is 9.90 Å². The lowest BCUT2D eigenvalue weighted by molar-refractivity contribution is -0.134. The van der Waals surface area contributed by atoms with Crippen LogP contribution in [0.25, 0.3) is 0 Å². The molecule has 0 bridgehead atoms. The first-order valence-electron chi connectivity index (χ1n) is 6.86. The van der Waals surface area contributed by atoms with Crippen LogP contribution >= 0.6 is 0 Å². The first-order chi connectivity index (χ1) is 9.04. The molecule has 0 saturated carbocycles. The van der Waals surface area contributed by atoms with Gasteiger partial charge in [0.2, 0.25) is 0 Å². The van der Waals surface area contributed by atoms with Gasteiger partial charge in [-0.25, -0.2) is 0 Å². The van der Waals surface area contributed by atoms with Crippen LogP contribution in [0.4, 0.5) is 0 Å². The summed E-state index contributed by atoms with van der Waals surface area (Å²) in [6.45, 7) is 6.79. The molecule has 0 aliphatic rings. The molecule has 19 heavy (non-hydrogen) atoms. The van der Waals surface area contributed by atoms with E-state index in [0.29, 0.717) is 0 Å². The third kappa shape index (κ3) is 26.3. The second-order valence-corrected chi connectivity index (χ2v) is 4.29. The predicted octanol–water partition coefficient (Wildman–Crippen LogP) is 4.10. The van der Waals surface area contributed by atoms with Crippen LogP contribution in [0.5, 0.6) is 0 Å². The average molecular weight is 268 g/mol. The number of aliphatic hydroxyl groups excluding tert-OH is 1. The van der Waals surface area contributed by atoms with Crippen LogP contribution < -0.4 is 0 Å². The summed E-state index contributed by atoms with van der Waals surface area (Å²) < 4.78 is 0. The summed E-state index contributed by atoms with van der Waals surface area (Å²) in [5.74, 6) is -0.833. The smallest absolute Gasteiger partial charge is 0.300 e. The summed E-state index contributed by atoms with van der Waals surface area (Å²) in [5, 5.41) is 16.9. The highest BCUT2D eigenvalue weighted by Crippen LogP contribution is 2.08. The summed E-state index contributed by atoms with van der Waals surface area (Å²) in [6.07, 6.45) is 16.1. The molecule has 0 radical (unpaired) electrons. The Balaban J connectivity index is 0. The number of carboxylic acid groups (broad SMARTS) is 1. The zero-order chi connectivity index (χ0) is 14.9. The fraction of sp³-hybridized carbons (Fsp3) is 0.562. The van der Waals surface area contributed by atoms with Crippen molar-refractivity contribution in [2.75, 3.05) is 0 Å². The van der Waals surface area contributed by atoms with Crippen molar-refractivity contribution in [3.8, 4) is 0 Å². The van der Waals surface area contributed by atoms with E-state index >= 15 is 0 Å². The lowest BCUT2D eigenvalue weighted by Crippen LogP contribution is -2.04. The molecule has 1 atom stereocenters. The van der Waals surface area contributed by atoms with Gasteiger partial charge in [0.05, 0.1) is 6.10 Å². The van der Waals surface area contributed by atoms with Crippen molar-refractivity contribution in [3.05, 3.63) is 37.0 Å². The van der Waals surface area contributed by atoms with E-state index in [-0.39, 0.29) is 6.10 Å². The Labute approximate surface area is 117 Å². The number of hydrogen-bond donors (Lipinski definition) is 2. The molecule has 0 spiro atoms. The lowest BCUT2D eigenvalue weighted by atomic mass is 10.1. The van der Waals surface area contributed by atoms with Gasteiger partial charge in [0.1, 0.15) is 0 Å². The van der Waals surface area contributed by atoms with Crippen molar-refractivity contribution in [2.45, 2.75) is 58.5 Å². The van der Waals surface area contributed by atoms with Gasteiger partial charge in [0.15, 0.2) is 0 Å². The number of aliphatic hydroxyl groups is 1. The largest absolute Gasteiger partial charge is 0.481 e. The first kappa shape index (κ1) is 20.0. The highest BCUT2D eigenvalue weighted by atomic mass is 16.4. The minimum atomic E-state index is -0.833. The summed E-state index contributed by atoms with van der Waals surface area (Å²) >= 11 is 0. The van der Waals surface area contributed by atoms with Crippen molar-refractivity contribution >= 4 is 5.97 Å². The van der Waals surface area contributed by atoms with Crippen LogP contribution in [0.2, 0.25) is 0 Å². The fourth-order valence-corrected chi connectivity index (χ4v) is 1.44. The highest BCUT2D eigenvalue weighted by molar-refractivity contribution is 5.62. The zero-order valence-electron chi connectivity index (χ0n) is 12.2. The molecule has 0 aromatic heterocycles. The molecule has 0 rings (SSSR count). The van der Waals surface area contributed by atoms with Crippen LogP contribution in [-0.4, -0.2) is 22.3 Å². The van der Waals surface area contributed by atoms with Crippen molar-refractivity contribution in [1.82, 2.24) is 0 Å². The van der Waals surface area contributed by atoms with Gasteiger partial charge in [0.25, 0.3) is 5.97 Å². The zero-order valence-corrected chi connectivity index (χ0v) is 12.2. The third-order valence-electron chi connectivity index (χ3n) is 2.27.